The molecule has 0 aliphatic carbocycles. The Balaban J connectivity index is 1.55. The quantitative estimate of drug-likeness (QED) is 0.540. The molecular weight excluding hydrogens is 419 g/mol. The second kappa shape index (κ2) is 10.3. The summed E-state index contributed by atoms with van der Waals surface area (Å²) >= 11 is 0. The van der Waals surface area contributed by atoms with Crippen LogP contribution in [0.2, 0.25) is 0 Å². The monoisotopic (exact) mass is 446 g/mol. The summed E-state index contributed by atoms with van der Waals surface area (Å²) in [7, 11) is 1.61. The van der Waals surface area contributed by atoms with Crippen molar-refractivity contribution in [3.63, 3.8) is 0 Å². The third-order valence-corrected chi connectivity index (χ3v) is 5.98. The lowest BCUT2D eigenvalue weighted by Gasteiger charge is -2.35. The Morgan fingerprint density at radius 1 is 1.00 bits per heavy atom. The molecule has 1 unspecified atom stereocenters. The Hall–Kier alpha value is -3.67. The summed E-state index contributed by atoms with van der Waals surface area (Å²) in [4.78, 5) is 30.1. The maximum absolute atomic E-state index is 13.7. The van der Waals surface area contributed by atoms with Crippen LogP contribution in [-0.2, 0) is 11.3 Å². The fourth-order valence-electron chi connectivity index (χ4n) is 4.18. The van der Waals surface area contributed by atoms with Crippen LogP contribution in [0.3, 0.4) is 0 Å². The van der Waals surface area contributed by atoms with Crippen LogP contribution >= 0.6 is 0 Å². The molecule has 1 saturated heterocycles. The number of likely N-dealkylation sites (tertiary alicyclic amines) is 1. The minimum atomic E-state index is -0.380. The molecule has 6 heteroatoms. The van der Waals surface area contributed by atoms with Crippen molar-refractivity contribution >= 4 is 17.5 Å². The van der Waals surface area contributed by atoms with E-state index in [1.54, 1.807) is 16.9 Å². The van der Waals surface area contributed by atoms with Crippen molar-refractivity contribution in [3.05, 3.63) is 95.8 Å². The molecule has 2 amide bonds. The molecule has 0 N–H and O–H groups in total. The van der Waals surface area contributed by atoms with Gasteiger partial charge in [0, 0.05) is 24.3 Å². The molecular formula is C27H27FN2O3. The van der Waals surface area contributed by atoms with Gasteiger partial charge in [-0.15, -0.1) is 0 Å². The maximum atomic E-state index is 13.7. The number of rotatable bonds is 6. The van der Waals surface area contributed by atoms with Crippen LogP contribution in [0.4, 0.5) is 10.1 Å². The van der Waals surface area contributed by atoms with Crippen LogP contribution in [0.5, 0.6) is 5.75 Å². The normalized spacial score (nSPS) is 15.7. The zero-order valence-corrected chi connectivity index (χ0v) is 18.6. The Morgan fingerprint density at radius 2 is 1.70 bits per heavy atom. The van der Waals surface area contributed by atoms with Gasteiger partial charge in [-0.1, -0.05) is 30.3 Å². The van der Waals surface area contributed by atoms with Gasteiger partial charge in [0.15, 0.2) is 0 Å². The van der Waals surface area contributed by atoms with Crippen LogP contribution in [-0.4, -0.2) is 36.9 Å². The number of halogens is 1. The van der Waals surface area contributed by atoms with Gasteiger partial charge in [-0.25, -0.2) is 4.39 Å². The molecule has 0 radical (unpaired) electrons. The van der Waals surface area contributed by atoms with Crippen molar-refractivity contribution in [1.29, 1.82) is 0 Å². The van der Waals surface area contributed by atoms with E-state index in [2.05, 4.69) is 0 Å². The van der Waals surface area contributed by atoms with Gasteiger partial charge in [-0.3, -0.25) is 9.59 Å². The first kappa shape index (κ1) is 22.5. The number of ether oxygens (including phenoxy) is 1. The van der Waals surface area contributed by atoms with Crippen molar-refractivity contribution in [1.82, 2.24) is 4.90 Å². The third-order valence-electron chi connectivity index (χ3n) is 5.98. The molecule has 3 aromatic rings. The molecule has 1 atom stereocenters. The van der Waals surface area contributed by atoms with Crippen molar-refractivity contribution < 1.29 is 18.7 Å². The smallest absolute Gasteiger partial charge is 0.253 e. The predicted molar refractivity (Wildman–Crippen MR) is 126 cm³/mol. The van der Waals surface area contributed by atoms with Crippen LogP contribution in [0.25, 0.3) is 0 Å². The molecule has 0 aromatic heterocycles. The fourth-order valence-corrected chi connectivity index (χ4v) is 4.18. The molecule has 1 heterocycles. The van der Waals surface area contributed by atoms with E-state index in [-0.39, 0.29) is 23.5 Å². The second-order valence-electron chi connectivity index (χ2n) is 8.21. The van der Waals surface area contributed by atoms with Crippen molar-refractivity contribution in [2.45, 2.75) is 19.4 Å². The summed E-state index contributed by atoms with van der Waals surface area (Å²) < 4.78 is 18.5. The molecule has 0 saturated carbocycles. The highest BCUT2D eigenvalue weighted by Gasteiger charge is 2.32. The standard InChI is InChI=1S/C27H27FN2O3/c1-33-25-15-13-24(14-16-25)30(18-20-6-3-2-4-7-20)27(32)22-8-5-17-29(19-22)26(31)21-9-11-23(28)12-10-21/h2-4,6-7,9-16,22H,5,8,17-19H2,1H3. The van der Waals surface area contributed by atoms with Crippen LogP contribution in [0, 0.1) is 11.7 Å². The number of amides is 2. The molecule has 0 bridgehead atoms. The Morgan fingerprint density at radius 3 is 2.36 bits per heavy atom. The SMILES string of the molecule is COc1ccc(N(Cc2ccccc2)C(=O)C2CCCN(C(=O)c3ccc(F)cc3)C2)cc1. The first-order chi connectivity index (χ1) is 16.0. The number of hydrogen-bond donors (Lipinski definition) is 0. The molecule has 4 rings (SSSR count). The number of benzene rings is 3. The third kappa shape index (κ3) is 5.40. The van der Waals surface area contributed by atoms with E-state index in [1.165, 1.54) is 24.3 Å². The topological polar surface area (TPSA) is 49.9 Å². The van der Waals surface area contributed by atoms with Crippen LogP contribution in [0.1, 0.15) is 28.8 Å². The van der Waals surface area contributed by atoms with Crippen LogP contribution in [0.15, 0.2) is 78.9 Å². The first-order valence-corrected chi connectivity index (χ1v) is 11.1. The summed E-state index contributed by atoms with van der Waals surface area (Å²) in [6, 6.07) is 22.8. The Labute approximate surface area is 193 Å². The lowest BCUT2D eigenvalue weighted by Crippen LogP contribution is -2.46. The number of carbonyl (C=O) groups excluding carboxylic acids is 2. The number of piperidine rings is 1. The highest BCUT2D eigenvalue weighted by Crippen LogP contribution is 2.27. The summed E-state index contributed by atoms with van der Waals surface area (Å²) in [5, 5.41) is 0. The number of hydrogen-bond acceptors (Lipinski definition) is 3. The molecule has 5 nitrogen and oxygen atoms in total. The van der Waals surface area contributed by atoms with Gasteiger partial charge in [0.1, 0.15) is 11.6 Å². The fraction of sp³-hybridized carbons (Fsp3) is 0.259. The molecule has 170 valence electrons. The number of anilines is 1. The van der Waals surface area contributed by atoms with E-state index in [0.717, 1.165) is 23.4 Å². The minimum absolute atomic E-state index is 0.0133. The molecule has 1 fully saturated rings. The summed E-state index contributed by atoms with van der Waals surface area (Å²) in [5.41, 5.74) is 2.24. The average Bonchev–Trinajstić information content (AvgIpc) is 2.88. The first-order valence-electron chi connectivity index (χ1n) is 11.1. The largest absolute Gasteiger partial charge is 0.497 e. The van der Waals surface area contributed by atoms with Gasteiger partial charge in [0.2, 0.25) is 5.91 Å². The summed E-state index contributed by atoms with van der Waals surface area (Å²) in [5.74, 6) is -0.157. The number of nitrogens with zero attached hydrogens (tertiary/aromatic N) is 2. The molecule has 0 spiro atoms. The van der Waals surface area contributed by atoms with Gasteiger partial charge >= 0.3 is 0 Å². The number of methoxy groups -OCH3 is 1. The van der Waals surface area contributed by atoms with Crippen molar-refractivity contribution in [3.8, 4) is 5.75 Å². The second-order valence-corrected chi connectivity index (χ2v) is 8.21. The van der Waals surface area contributed by atoms with Crippen molar-refractivity contribution in [2.24, 2.45) is 5.92 Å². The van der Waals surface area contributed by atoms with E-state index in [0.29, 0.717) is 31.6 Å². The van der Waals surface area contributed by atoms with Gasteiger partial charge in [0.05, 0.1) is 19.6 Å². The Bertz CT molecular complexity index is 1080. The van der Waals surface area contributed by atoms with Gasteiger partial charge in [-0.05, 0) is 66.9 Å². The highest BCUT2D eigenvalue weighted by atomic mass is 19.1. The molecule has 33 heavy (non-hydrogen) atoms. The zero-order valence-electron chi connectivity index (χ0n) is 18.6. The lowest BCUT2D eigenvalue weighted by molar-refractivity contribution is -0.123. The molecule has 3 aromatic carbocycles. The maximum Gasteiger partial charge on any atom is 0.253 e. The summed E-state index contributed by atoms with van der Waals surface area (Å²) in [6.07, 6.45) is 1.46. The van der Waals surface area contributed by atoms with Crippen LogP contribution < -0.4 is 9.64 Å². The molecule has 1 aliphatic rings. The van der Waals surface area contributed by atoms with Gasteiger partial charge < -0.3 is 14.5 Å². The molecule has 1 aliphatic heterocycles. The zero-order chi connectivity index (χ0) is 23.2. The minimum Gasteiger partial charge on any atom is -0.497 e. The van der Waals surface area contributed by atoms with E-state index in [1.807, 2.05) is 54.6 Å². The Kier molecular flexibility index (Phi) is 7.03. The predicted octanol–water partition coefficient (Wildman–Crippen LogP) is 4.92. The lowest BCUT2D eigenvalue weighted by atomic mass is 9.95. The summed E-state index contributed by atoms with van der Waals surface area (Å²) in [6.45, 7) is 1.37. The van der Waals surface area contributed by atoms with Gasteiger partial charge in [0.25, 0.3) is 5.91 Å². The highest BCUT2D eigenvalue weighted by molar-refractivity contribution is 5.97. The van der Waals surface area contributed by atoms with Gasteiger partial charge in [-0.2, -0.15) is 0 Å². The van der Waals surface area contributed by atoms with Crippen molar-refractivity contribution in [2.75, 3.05) is 25.1 Å². The average molecular weight is 447 g/mol. The van der Waals surface area contributed by atoms with E-state index < -0.39 is 0 Å². The van der Waals surface area contributed by atoms with E-state index >= 15 is 0 Å². The van der Waals surface area contributed by atoms with E-state index in [4.69, 9.17) is 4.74 Å². The number of carbonyl (C=O) groups is 2. The van der Waals surface area contributed by atoms with E-state index in [9.17, 15) is 14.0 Å².